The van der Waals surface area contributed by atoms with Gasteiger partial charge in [0, 0.05) is 23.2 Å². The van der Waals surface area contributed by atoms with Crippen LogP contribution < -0.4 is 5.32 Å². The van der Waals surface area contributed by atoms with Crippen molar-refractivity contribution in [2.45, 2.75) is 53.5 Å². The summed E-state index contributed by atoms with van der Waals surface area (Å²) in [5, 5.41) is 9.95. The molecule has 6 nitrogen and oxygen atoms in total. The van der Waals surface area contributed by atoms with Gasteiger partial charge in [-0.05, 0) is 26.7 Å². The maximum absolute atomic E-state index is 12.5. The normalized spacial score (nSPS) is 18.6. The topological polar surface area (TPSA) is 78.1 Å². The Hall–Kier alpha value is -1.85. The van der Waals surface area contributed by atoms with Gasteiger partial charge in [-0.3, -0.25) is 14.7 Å². The Balaban J connectivity index is 2.05. The minimum Gasteiger partial charge on any atom is -0.347 e. The summed E-state index contributed by atoms with van der Waals surface area (Å²) in [5.74, 6) is -0.132. The first-order chi connectivity index (χ1) is 10.2. The fourth-order valence-electron chi connectivity index (χ4n) is 2.94. The highest BCUT2D eigenvalue weighted by Gasteiger charge is 2.33. The number of carbonyl (C=O) groups excluding carboxylic acids is 2. The Morgan fingerprint density at radius 2 is 2.05 bits per heavy atom. The van der Waals surface area contributed by atoms with Crippen molar-refractivity contribution in [3.05, 3.63) is 17.0 Å². The molecule has 0 unspecified atom stereocenters. The van der Waals surface area contributed by atoms with E-state index in [1.165, 1.54) is 0 Å². The number of carbonyl (C=O) groups is 2. The first kappa shape index (κ1) is 16.5. The van der Waals surface area contributed by atoms with E-state index in [1.54, 1.807) is 0 Å². The van der Waals surface area contributed by atoms with Crippen LogP contribution in [0.25, 0.3) is 0 Å². The molecular weight excluding hydrogens is 280 g/mol. The molecule has 1 fully saturated rings. The molecule has 1 aliphatic rings. The van der Waals surface area contributed by atoms with Gasteiger partial charge in [0.25, 0.3) is 0 Å². The van der Waals surface area contributed by atoms with Crippen molar-refractivity contribution in [2.75, 3.05) is 13.1 Å². The molecule has 2 amide bonds. The van der Waals surface area contributed by atoms with Gasteiger partial charge in [0.15, 0.2) is 0 Å². The molecule has 0 aromatic carbocycles. The van der Waals surface area contributed by atoms with Gasteiger partial charge in [-0.15, -0.1) is 0 Å². The van der Waals surface area contributed by atoms with Crippen LogP contribution in [-0.4, -0.2) is 40.0 Å². The average Bonchev–Trinajstić information content (AvgIpc) is 3.01. The van der Waals surface area contributed by atoms with E-state index >= 15 is 0 Å². The van der Waals surface area contributed by atoms with E-state index < -0.39 is 5.41 Å². The van der Waals surface area contributed by atoms with Crippen LogP contribution in [0.1, 0.15) is 56.6 Å². The number of hydrogen-bond donors (Lipinski definition) is 2. The third-order valence-electron chi connectivity index (χ3n) is 4.17. The summed E-state index contributed by atoms with van der Waals surface area (Å²) in [6.45, 7) is 10.2. The molecule has 1 atom stereocenters. The van der Waals surface area contributed by atoms with E-state index in [4.69, 9.17) is 0 Å². The zero-order valence-electron chi connectivity index (χ0n) is 14.1. The highest BCUT2D eigenvalue weighted by Crippen LogP contribution is 2.34. The van der Waals surface area contributed by atoms with E-state index in [1.807, 2.05) is 39.5 Å². The highest BCUT2D eigenvalue weighted by atomic mass is 16.2. The predicted molar refractivity (Wildman–Crippen MR) is 84.2 cm³/mol. The van der Waals surface area contributed by atoms with E-state index in [9.17, 15) is 9.59 Å². The van der Waals surface area contributed by atoms with Crippen LogP contribution in [0.2, 0.25) is 0 Å². The smallest absolute Gasteiger partial charge is 0.242 e. The van der Waals surface area contributed by atoms with Crippen LogP contribution in [0.3, 0.4) is 0 Å². The van der Waals surface area contributed by atoms with Gasteiger partial charge in [-0.25, -0.2) is 0 Å². The third kappa shape index (κ3) is 3.31. The number of nitrogens with one attached hydrogen (secondary N) is 2. The molecule has 0 radical (unpaired) electrons. The third-order valence-corrected chi connectivity index (χ3v) is 4.17. The molecule has 0 saturated carbocycles. The fourth-order valence-corrected chi connectivity index (χ4v) is 2.94. The van der Waals surface area contributed by atoms with Gasteiger partial charge < -0.3 is 10.2 Å². The van der Waals surface area contributed by atoms with Crippen LogP contribution in [0.15, 0.2) is 0 Å². The molecule has 1 saturated heterocycles. The van der Waals surface area contributed by atoms with Crippen molar-refractivity contribution in [3.63, 3.8) is 0 Å². The first-order valence-electron chi connectivity index (χ1n) is 7.81. The van der Waals surface area contributed by atoms with E-state index in [0.29, 0.717) is 0 Å². The second kappa shape index (κ2) is 6.10. The summed E-state index contributed by atoms with van der Waals surface area (Å²) < 4.78 is 0. The summed E-state index contributed by atoms with van der Waals surface area (Å²) in [6.07, 6.45) is 1.92. The Kier molecular flexibility index (Phi) is 4.58. The van der Waals surface area contributed by atoms with Gasteiger partial charge in [-0.2, -0.15) is 5.10 Å². The van der Waals surface area contributed by atoms with E-state index in [0.717, 1.165) is 36.3 Å². The van der Waals surface area contributed by atoms with Crippen molar-refractivity contribution in [1.29, 1.82) is 0 Å². The summed E-state index contributed by atoms with van der Waals surface area (Å²) >= 11 is 0. The standard InChI is InChI=1S/C16H26N4O2/c1-10-14(11(2)19-18-10)12-7-6-8-20(12)13(21)9-17-15(22)16(3,4)5/h12H,6-9H2,1-5H3,(H,17,22)(H,18,19)/t12-/m1/s1. The number of hydrogen-bond acceptors (Lipinski definition) is 3. The molecule has 1 aliphatic heterocycles. The molecule has 1 aromatic heterocycles. The van der Waals surface area contributed by atoms with Gasteiger partial charge >= 0.3 is 0 Å². The molecule has 2 rings (SSSR count). The minimum atomic E-state index is -0.484. The second-order valence-corrected chi connectivity index (χ2v) is 7.03. The quantitative estimate of drug-likeness (QED) is 0.894. The number of aryl methyl sites for hydroxylation is 2. The summed E-state index contributed by atoms with van der Waals surface area (Å²) in [4.78, 5) is 26.3. The lowest BCUT2D eigenvalue weighted by Crippen LogP contribution is -2.43. The van der Waals surface area contributed by atoms with E-state index in [2.05, 4.69) is 15.5 Å². The summed E-state index contributed by atoms with van der Waals surface area (Å²) in [6, 6.07) is 0.0674. The second-order valence-electron chi connectivity index (χ2n) is 7.03. The molecule has 122 valence electrons. The van der Waals surface area contributed by atoms with Crippen LogP contribution in [-0.2, 0) is 9.59 Å². The van der Waals surface area contributed by atoms with Crippen LogP contribution in [0.4, 0.5) is 0 Å². The van der Waals surface area contributed by atoms with Crippen molar-refractivity contribution in [3.8, 4) is 0 Å². The Morgan fingerprint density at radius 1 is 1.36 bits per heavy atom. The highest BCUT2D eigenvalue weighted by molar-refractivity contribution is 5.87. The number of likely N-dealkylation sites (tertiary alicyclic amines) is 1. The molecule has 1 aromatic rings. The summed E-state index contributed by atoms with van der Waals surface area (Å²) in [7, 11) is 0. The lowest BCUT2D eigenvalue weighted by atomic mass is 9.96. The van der Waals surface area contributed by atoms with Crippen molar-refractivity contribution >= 4 is 11.8 Å². The Morgan fingerprint density at radius 3 is 2.59 bits per heavy atom. The molecular formula is C16H26N4O2. The molecule has 0 spiro atoms. The maximum atomic E-state index is 12.5. The molecule has 0 bridgehead atoms. The monoisotopic (exact) mass is 306 g/mol. The number of nitrogens with zero attached hydrogens (tertiary/aromatic N) is 2. The molecule has 2 heterocycles. The van der Waals surface area contributed by atoms with Crippen LogP contribution >= 0.6 is 0 Å². The van der Waals surface area contributed by atoms with Gasteiger partial charge in [0.2, 0.25) is 11.8 Å². The fraction of sp³-hybridized carbons (Fsp3) is 0.688. The van der Waals surface area contributed by atoms with E-state index in [-0.39, 0.29) is 24.4 Å². The first-order valence-corrected chi connectivity index (χ1v) is 7.81. The Bertz CT molecular complexity index is 552. The summed E-state index contributed by atoms with van der Waals surface area (Å²) in [5.41, 5.74) is 2.59. The number of aromatic amines is 1. The van der Waals surface area contributed by atoms with Crippen molar-refractivity contribution in [2.24, 2.45) is 5.41 Å². The number of aromatic nitrogens is 2. The largest absolute Gasteiger partial charge is 0.347 e. The zero-order chi connectivity index (χ0) is 16.5. The molecule has 2 N–H and O–H groups in total. The van der Waals surface area contributed by atoms with Gasteiger partial charge in [0.05, 0.1) is 18.3 Å². The number of amides is 2. The van der Waals surface area contributed by atoms with Gasteiger partial charge in [-0.1, -0.05) is 20.8 Å². The molecule has 0 aliphatic carbocycles. The zero-order valence-corrected chi connectivity index (χ0v) is 14.1. The number of rotatable bonds is 3. The predicted octanol–water partition coefficient (Wildman–Crippen LogP) is 1.85. The van der Waals surface area contributed by atoms with Gasteiger partial charge in [0.1, 0.15) is 0 Å². The maximum Gasteiger partial charge on any atom is 0.242 e. The lowest BCUT2D eigenvalue weighted by molar-refractivity contribution is -0.135. The SMILES string of the molecule is Cc1n[nH]c(C)c1[C@H]1CCCN1C(=O)CNC(=O)C(C)(C)C. The van der Waals surface area contributed by atoms with Crippen molar-refractivity contribution < 1.29 is 9.59 Å². The minimum absolute atomic E-state index is 0.0277. The average molecular weight is 306 g/mol. The lowest BCUT2D eigenvalue weighted by Gasteiger charge is -2.26. The molecule has 6 heteroatoms. The van der Waals surface area contributed by atoms with Crippen molar-refractivity contribution in [1.82, 2.24) is 20.4 Å². The van der Waals surface area contributed by atoms with Crippen LogP contribution in [0, 0.1) is 19.3 Å². The number of H-pyrrole nitrogens is 1. The molecule has 22 heavy (non-hydrogen) atoms. The van der Waals surface area contributed by atoms with Crippen LogP contribution in [0.5, 0.6) is 0 Å². The Labute approximate surface area is 131 Å².